The lowest BCUT2D eigenvalue weighted by Crippen LogP contribution is -2.19. The summed E-state index contributed by atoms with van der Waals surface area (Å²) in [5, 5.41) is 12.3. The van der Waals surface area contributed by atoms with E-state index in [9.17, 15) is 4.79 Å². The summed E-state index contributed by atoms with van der Waals surface area (Å²) >= 11 is 4.67. The van der Waals surface area contributed by atoms with Crippen molar-refractivity contribution in [1.82, 2.24) is 15.6 Å². The van der Waals surface area contributed by atoms with E-state index in [2.05, 4.69) is 62.6 Å². The quantitative estimate of drug-likeness (QED) is 0.189. The molecule has 1 amide bonds. The molecule has 3 rings (SSSR count). The van der Waals surface area contributed by atoms with Crippen LogP contribution < -0.4 is 25.4 Å². The number of methoxy groups -OCH3 is 1. The molecular weight excluding hydrogens is 534 g/mol. The van der Waals surface area contributed by atoms with Crippen LogP contribution in [-0.4, -0.2) is 42.6 Å². The molecule has 0 radical (unpaired) electrons. The van der Waals surface area contributed by atoms with Crippen LogP contribution >= 0.6 is 27.3 Å². The summed E-state index contributed by atoms with van der Waals surface area (Å²) in [6.45, 7) is 5.10. The maximum Gasteiger partial charge on any atom is 0.247 e. The molecule has 11 heteroatoms. The van der Waals surface area contributed by atoms with Crippen LogP contribution in [0.3, 0.4) is 0 Å². The molecule has 186 valence electrons. The molecule has 3 N–H and O–H groups in total. The minimum Gasteiger partial charge on any atom is -0.493 e. The molecule has 0 aliphatic carbocycles. The van der Waals surface area contributed by atoms with E-state index in [1.807, 2.05) is 18.2 Å². The summed E-state index contributed by atoms with van der Waals surface area (Å²) in [5.41, 5.74) is 9.98. The number of benzene rings is 2. The number of hydrogen-bond acceptors (Lipinski definition) is 9. The fraction of sp³-hybridized carbons (Fsp3) is 0.333. The summed E-state index contributed by atoms with van der Waals surface area (Å²) < 4.78 is 17.8. The van der Waals surface area contributed by atoms with Crippen molar-refractivity contribution in [3.05, 3.63) is 57.0 Å². The van der Waals surface area contributed by atoms with Crippen LogP contribution in [0, 0.1) is 0 Å². The molecule has 0 fully saturated rings. The summed E-state index contributed by atoms with van der Waals surface area (Å²) in [4.78, 5) is 12.0. The predicted molar refractivity (Wildman–Crippen MR) is 141 cm³/mol. The van der Waals surface area contributed by atoms with Gasteiger partial charge in [-0.25, -0.2) is 5.43 Å². The molecule has 1 atom stereocenters. The first-order valence-corrected chi connectivity index (χ1v) is 12.6. The number of rotatable bonds is 12. The van der Waals surface area contributed by atoms with Crippen molar-refractivity contribution < 1.29 is 19.0 Å². The van der Waals surface area contributed by atoms with Gasteiger partial charge >= 0.3 is 0 Å². The smallest absolute Gasteiger partial charge is 0.247 e. The molecule has 9 nitrogen and oxygen atoms in total. The minimum absolute atomic E-state index is 0.0517. The fourth-order valence-corrected chi connectivity index (χ4v) is 4.26. The monoisotopic (exact) mass is 561 g/mol. The molecule has 0 saturated carbocycles. The SMILES string of the molecule is CCC(C)c1ccc(OCCOc2c(Br)cc(/C=N/NC(=O)Cc3nnc(N)s3)cc2OC)cc1. The summed E-state index contributed by atoms with van der Waals surface area (Å²) in [6, 6.07) is 11.7. The molecule has 2 aromatic carbocycles. The van der Waals surface area contributed by atoms with E-state index in [1.165, 1.54) is 11.8 Å². The van der Waals surface area contributed by atoms with Crippen molar-refractivity contribution in [3.63, 3.8) is 0 Å². The average molecular weight is 562 g/mol. The molecule has 0 bridgehead atoms. The molecule has 3 aromatic rings. The van der Waals surface area contributed by atoms with E-state index in [1.54, 1.807) is 13.2 Å². The molecule has 1 aromatic heterocycles. The molecule has 0 spiro atoms. The molecule has 1 heterocycles. The Morgan fingerprint density at radius 2 is 1.97 bits per heavy atom. The van der Waals surface area contributed by atoms with E-state index in [0.29, 0.717) is 50.8 Å². The lowest BCUT2D eigenvalue weighted by Gasteiger charge is -2.14. The van der Waals surface area contributed by atoms with Crippen LogP contribution in [0.25, 0.3) is 0 Å². The number of carbonyl (C=O) groups excluding carboxylic acids is 1. The molecule has 0 saturated heterocycles. The van der Waals surface area contributed by atoms with E-state index < -0.39 is 0 Å². The van der Waals surface area contributed by atoms with Gasteiger partial charge in [-0.15, -0.1) is 10.2 Å². The minimum atomic E-state index is -0.321. The highest BCUT2D eigenvalue weighted by Gasteiger charge is 2.12. The Labute approximate surface area is 216 Å². The standard InChI is InChI=1S/C24H28BrN5O4S/c1-4-15(2)17-5-7-18(8-6-17)33-9-10-34-23-19(25)11-16(12-20(23)32-3)14-27-28-21(31)13-22-29-30-24(26)35-22/h5-8,11-12,14-15H,4,9-10,13H2,1-3H3,(H2,26,30)(H,28,31)/b27-14+. The van der Waals surface area contributed by atoms with Gasteiger partial charge in [-0.05, 0) is 63.7 Å². The molecule has 0 aliphatic heterocycles. The number of nitrogens with zero attached hydrogens (tertiary/aromatic N) is 3. The molecule has 35 heavy (non-hydrogen) atoms. The maximum atomic E-state index is 12.0. The Bertz CT molecular complexity index is 1150. The molecule has 0 aliphatic rings. The van der Waals surface area contributed by atoms with Crippen molar-refractivity contribution in [3.8, 4) is 17.2 Å². The van der Waals surface area contributed by atoms with Gasteiger partial charge in [-0.1, -0.05) is 37.3 Å². The van der Waals surface area contributed by atoms with E-state index in [4.69, 9.17) is 19.9 Å². The van der Waals surface area contributed by atoms with Gasteiger partial charge in [0.15, 0.2) is 11.5 Å². The lowest BCUT2D eigenvalue weighted by atomic mass is 9.99. The molecular formula is C24H28BrN5O4S. The first kappa shape index (κ1) is 26.4. The average Bonchev–Trinajstić information content (AvgIpc) is 3.26. The number of anilines is 1. The highest BCUT2D eigenvalue weighted by molar-refractivity contribution is 9.10. The van der Waals surface area contributed by atoms with Crippen molar-refractivity contribution >= 4 is 44.5 Å². The summed E-state index contributed by atoms with van der Waals surface area (Å²) in [6.07, 6.45) is 2.66. The number of amides is 1. The number of nitrogens with one attached hydrogen (secondary N) is 1. The lowest BCUT2D eigenvalue weighted by molar-refractivity contribution is -0.120. The number of nitrogen functional groups attached to an aromatic ring is 1. The third kappa shape index (κ3) is 7.93. The normalized spacial score (nSPS) is 11.9. The zero-order chi connectivity index (χ0) is 25.2. The largest absolute Gasteiger partial charge is 0.493 e. The van der Waals surface area contributed by atoms with Gasteiger partial charge in [0, 0.05) is 0 Å². The number of hydrogen-bond donors (Lipinski definition) is 2. The topological polar surface area (TPSA) is 121 Å². The van der Waals surface area contributed by atoms with Crippen LogP contribution in [0.1, 0.15) is 42.3 Å². The first-order valence-electron chi connectivity index (χ1n) is 11.0. The maximum absolute atomic E-state index is 12.0. The van der Waals surface area contributed by atoms with Gasteiger partial charge in [0.1, 0.15) is 24.0 Å². The van der Waals surface area contributed by atoms with E-state index >= 15 is 0 Å². The van der Waals surface area contributed by atoms with Crippen LogP contribution in [0.2, 0.25) is 0 Å². The van der Waals surface area contributed by atoms with Gasteiger partial charge in [0.05, 0.1) is 24.2 Å². The Kier molecular flexibility index (Phi) is 9.86. The zero-order valence-corrected chi connectivity index (χ0v) is 22.2. The Morgan fingerprint density at radius 1 is 1.23 bits per heavy atom. The second-order valence-electron chi connectivity index (χ2n) is 7.61. The van der Waals surface area contributed by atoms with Crippen molar-refractivity contribution in [2.24, 2.45) is 5.10 Å². The number of halogens is 1. The van der Waals surface area contributed by atoms with Crippen molar-refractivity contribution in [2.75, 3.05) is 26.1 Å². The fourth-order valence-electron chi connectivity index (χ4n) is 3.08. The second kappa shape index (κ2) is 13.1. The molecule has 1 unspecified atom stereocenters. The summed E-state index contributed by atoms with van der Waals surface area (Å²) in [5.74, 6) is 2.09. The number of hydrazone groups is 1. The predicted octanol–water partition coefficient (Wildman–Crippen LogP) is 4.56. The zero-order valence-electron chi connectivity index (χ0n) is 19.8. The highest BCUT2D eigenvalue weighted by atomic mass is 79.9. The Morgan fingerprint density at radius 3 is 2.63 bits per heavy atom. The van der Waals surface area contributed by atoms with Gasteiger partial charge < -0.3 is 19.9 Å². The third-order valence-corrected chi connectivity index (χ3v) is 6.45. The van der Waals surface area contributed by atoms with Gasteiger partial charge in [-0.2, -0.15) is 5.10 Å². The van der Waals surface area contributed by atoms with E-state index in [0.717, 1.165) is 23.5 Å². The first-order chi connectivity index (χ1) is 16.9. The van der Waals surface area contributed by atoms with Crippen LogP contribution in [0.4, 0.5) is 5.13 Å². The highest BCUT2D eigenvalue weighted by Crippen LogP contribution is 2.36. The van der Waals surface area contributed by atoms with Crippen molar-refractivity contribution in [1.29, 1.82) is 0 Å². The van der Waals surface area contributed by atoms with E-state index in [-0.39, 0.29) is 12.3 Å². The summed E-state index contributed by atoms with van der Waals surface area (Å²) in [7, 11) is 1.56. The van der Waals surface area contributed by atoms with Crippen LogP contribution in [-0.2, 0) is 11.2 Å². The van der Waals surface area contributed by atoms with Crippen molar-refractivity contribution in [2.45, 2.75) is 32.6 Å². The third-order valence-electron chi connectivity index (χ3n) is 5.11. The number of nitrogens with two attached hydrogens (primary N) is 1. The van der Waals surface area contributed by atoms with Crippen LogP contribution in [0.5, 0.6) is 17.2 Å². The Balaban J connectivity index is 1.51. The Hall–Kier alpha value is -3.18. The number of carbonyl (C=O) groups is 1. The van der Waals surface area contributed by atoms with Crippen LogP contribution in [0.15, 0.2) is 46.0 Å². The number of aromatic nitrogens is 2. The van der Waals surface area contributed by atoms with Gasteiger partial charge in [0.2, 0.25) is 11.0 Å². The second-order valence-corrected chi connectivity index (χ2v) is 9.56. The number of ether oxygens (including phenoxy) is 3. The van der Waals surface area contributed by atoms with Gasteiger partial charge in [0.25, 0.3) is 0 Å². The van der Waals surface area contributed by atoms with Gasteiger partial charge in [-0.3, -0.25) is 4.79 Å².